The van der Waals surface area contributed by atoms with Crippen molar-refractivity contribution in [1.29, 1.82) is 0 Å². The predicted molar refractivity (Wildman–Crippen MR) is 77.5 cm³/mol. The monoisotopic (exact) mass is 253 g/mol. The van der Waals surface area contributed by atoms with E-state index in [2.05, 4.69) is 23.1 Å². The number of para-hydroxylation sites is 1. The van der Waals surface area contributed by atoms with E-state index in [1.165, 1.54) is 31.5 Å². The van der Waals surface area contributed by atoms with Gasteiger partial charge in [-0.1, -0.05) is 30.3 Å². The zero-order chi connectivity index (χ0) is 12.9. The number of benzene rings is 2. The lowest BCUT2D eigenvalue weighted by Gasteiger charge is -2.15. The molecule has 98 valence electrons. The van der Waals surface area contributed by atoms with E-state index in [0.717, 1.165) is 18.0 Å². The average Bonchev–Trinajstić information content (AvgIpc) is 2.93. The molecule has 19 heavy (non-hydrogen) atoms. The van der Waals surface area contributed by atoms with E-state index in [9.17, 15) is 0 Å². The molecule has 2 heteroatoms. The second kappa shape index (κ2) is 5.89. The summed E-state index contributed by atoms with van der Waals surface area (Å²) in [6.45, 7) is 3.49. The van der Waals surface area contributed by atoms with Gasteiger partial charge in [-0.25, -0.2) is 0 Å². The van der Waals surface area contributed by atoms with Crippen LogP contribution in [0.1, 0.15) is 18.4 Å². The van der Waals surface area contributed by atoms with Crippen LogP contribution in [0.5, 0.6) is 11.5 Å². The summed E-state index contributed by atoms with van der Waals surface area (Å²) in [5.74, 6) is 1.81. The molecule has 0 aromatic heterocycles. The van der Waals surface area contributed by atoms with E-state index in [1.807, 2.05) is 36.4 Å². The van der Waals surface area contributed by atoms with Gasteiger partial charge in [0.15, 0.2) is 0 Å². The van der Waals surface area contributed by atoms with Gasteiger partial charge in [0.1, 0.15) is 11.5 Å². The Hall–Kier alpha value is -1.80. The minimum Gasteiger partial charge on any atom is -0.457 e. The SMILES string of the molecule is c1ccc(Oc2cccc(CN3CCCC3)c2)cc1. The summed E-state index contributed by atoms with van der Waals surface area (Å²) in [5, 5.41) is 0. The summed E-state index contributed by atoms with van der Waals surface area (Å²) in [4.78, 5) is 2.50. The molecule has 1 aliphatic heterocycles. The summed E-state index contributed by atoms with van der Waals surface area (Å²) in [6.07, 6.45) is 2.67. The van der Waals surface area contributed by atoms with Gasteiger partial charge < -0.3 is 4.74 Å². The lowest BCUT2D eigenvalue weighted by molar-refractivity contribution is 0.331. The van der Waals surface area contributed by atoms with Crippen molar-refractivity contribution in [2.75, 3.05) is 13.1 Å². The van der Waals surface area contributed by atoms with Crippen LogP contribution in [0.4, 0.5) is 0 Å². The maximum absolute atomic E-state index is 5.86. The Balaban J connectivity index is 1.69. The normalized spacial score (nSPS) is 15.6. The van der Waals surface area contributed by atoms with Crippen molar-refractivity contribution < 1.29 is 4.74 Å². The fourth-order valence-electron chi connectivity index (χ4n) is 2.53. The lowest BCUT2D eigenvalue weighted by atomic mass is 10.2. The van der Waals surface area contributed by atoms with Crippen LogP contribution in [0.3, 0.4) is 0 Å². The van der Waals surface area contributed by atoms with Gasteiger partial charge in [0.05, 0.1) is 0 Å². The van der Waals surface area contributed by atoms with E-state index in [4.69, 9.17) is 4.74 Å². The molecule has 0 saturated carbocycles. The molecule has 0 radical (unpaired) electrons. The Labute approximate surface area is 114 Å². The lowest BCUT2D eigenvalue weighted by Crippen LogP contribution is -2.18. The van der Waals surface area contributed by atoms with Gasteiger partial charge in [0, 0.05) is 6.54 Å². The van der Waals surface area contributed by atoms with Crippen LogP contribution in [0, 0.1) is 0 Å². The van der Waals surface area contributed by atoms with Crippen molar-refractivity contribution in [3.63, 3.8) is 0 Å². The number of hydrogen-bond donors (Lipinski definition) is 0. The standard InChI is InChI=1S/C17H19NO/c1-2-8-16(9-3-1)19-17-10-6-7-15(13-17)14-18-11-4-5-12-18/h1-3,6-10,13H,4-5,11-12,14H2. The van der Waals surface area contributed by atoms with Crippen LogP contribution < -0.4 is 4.74 Å². The number of likely N-dealkylation sites (tertiary alicyclic amines) is 1. The Kier molecular flexibility index (Phi) is 3.80. The number of hydrogen-bond acceptors (Lipinski definition) is 2. The van der Waals surface area contributed by atoms with E-state index in [-0.39, 0.29) is 0 Å². The maximum atomic E-state index is 5.86. The first-order valence-corrected chi connectivity index (χ1v) is 6.94. The van der Waals surface area contributed by atoms with E-state index >= 15 is 0 Å². The van der Waals surface area contributed by atoms with Crippen molar-refractivity contribution in [3.8, 4) is 11.5 Å². The van der Waals surface area contributed by atoms with Crippen molar-refractivity contribution in [3.05, 3.63) is 60.2 Å². The highest BCUT2D eigenvalue weighted by molar-refractivity contribution is 5.33. The first-order valence-electron chi connectivity index (χ1n) is 6.94. The Morgan fingerprint density at radius 2 is 1.58 bits per heavy atom. The zero-order valence-electron chi connectivity index (χ0n) is 11.1. The summed E-state index contributed by atoms with van der Waals surface area (Å²) in [6, 6.07) is 18.3. The summed E-state index contributed by atoms with van der Waals surface area (Å²) in [5.41, 5.74) is 1.33. The molecule has 0 atom stereocenters. The fraction of sp³-hybridized carbons (Fsp3) is 0.294. The molecule has 0 bridgehead atoms. The second-order valence-corrected chi connectivity index (χ2v) is 5.05. The first-order chi connectivity index (χ1) is 9.40. The fourth-order valence-corrected chi connectivity index (χ4v) is 2.53. The minimum atomic E-state index is 0.890. The molecular weight excluding hydrogens is 234 g/mol. The van der Waals surface area contributed by atoms with Crippen LogP contribution in [-0.2, 0) is 6.54 Å². The van der Waals surface area contributed by atoms with Crippen molar-refractivity contribution >= 4 is 0 Å². The summed E-state index contributed by atoms with van der Waals surface area (Å²) < 4.78 is 5.86. The molecule has 2 aromatic rings. The van der Waals surface area contributed by atoms with Gasteiger partial charge in [0.25, 0.3) is 0 Å². The van der Waals surface area contributed by atoms with Gasteiger partial charge in [-0.15, -0.1) is 0 Å². The number of nitrogens with zero attached hydrogens (tertiary/aromatic N) is 1. The third-order valence-corrected chi connectivity index (χ3v) is 3.48. The Bertz CT molecular complexity index is 518. The van der Waals surface area contributed by atoms with Crippen LogP contribution in [-0.4, -0.2) is 18.0 Å². The Morgan fingerprint density at radius 1 is 0.842 bits per heavy atom. The molecule has 2 aromatic carbocycles. The smallest absolute Gasteiger partial charge is 0.127 e. The predicted octanol–water partition coefficient (Wildman–Crippen LogP) is 4.07. The minimum absolute atomic E-state index is 0.890. The quantitative estimate of drug-likeness (QED) is 0.814. The molecule has 1 heterocycles. The van der Waals surface area contributed by atoms with Crippen LogP contribution >= 0.6 is 0 Å². The molecule has 2 nitrogen and oxygen atoms in total. The average molecular weight is 253 g/mol. The van der Waals surface area contributed by atoms with Gasteiger partial charge in [-0.05, 0) is 55.8 Å². The van der Waals surface area contributed by atoms with Crippen LogP contribution in [0.25, 0.3) is 0 Å². The van der Waals surface area contributed by atoms with Crippen molar-refractivity contribution in [2.45, 2.75) is 19.4 Å². The van der Waals surface area contributed by atoms with Crippen LogP contribution in [0.2, 0.25) is 0 Å². The van der Waals surface area contributed by atoms with Gasteiger partial charge in [-0.3, -0.25) is 4.90 Å². The molecule has 1 fully saturated rings. The zero-order valence-corrected chi connectivity index (χ0v) is 11.1. The summed E-state index contributed by atoms with van der Waals surface area (Å²) >= 11 is 0. The van der Waals surface area contributed by atoms with Gasteiger partial charge in [-0.2, -0.15) is 0 Å². The van der Waals surface area contributed by atoms with Gasteiger partial charge >= 0.3 is 0 Å². The highest BCUT2D eigenvalue weighted by Crippen LogP contribution is 2.23. The molecule has 0 spiro atoms. The van der Waals surface area contributed by atoms with Crippen LogP contribution in [0.15, 0.2) is 54.6 Å². The second-order valence-electron chi connectivity index (χ2n) is 5.05. The first kappa shape index (κ1) is 12.2. The largest absolute Gasteiger partial charge is 0.457 e. The van der Waals surface area contributed by atoms with Crippen molar-refractivity contribution in [2.24, 2.45) is 0 Å². The molecule has 3 rings (SSSR count). The topological polar surface area (TPSA) is 12.5 Å². The van der Waals surface area contributed by atoms with E-state index in [1.54, 1.807) is 0 Å². The van der Waals surface area contributed by atoms with E-state index in [0.29, 0.717) is 0 Å². The highest BCUT2D eigenvalue weighted by Gasteiger charge is 2.11. The third kappa shape index (κ3) is 3.36. The maximum Gasteiger partial charge on any atom is 0.127 e. The third-order valence-electron chi connectivity index (χ3n) is 3.48. The molecule has 0 amide bonds. The molecular formula is C17H19NO. The highest BCUT2D eigenvalue weighted by atomic mass is 16.5. The molecule has 0 N–H and O–H groups in total. The number of ether oxygens (including phenoxy) is 1. The molecule has 1 saturated heterocycles. The number of rotatable bonds is 4. The Morgan fingerprint density at radius 3 is 2.37 bits per heavy atom. The molecule has 0 unspecified atom stereocenters. The van der Waals surface area contributed by atoms with Crippen molar-refractivity contribution in [1.82, 2.24) is 4.90 Å². The molecule has 1 aliphatic rings. The summed E-state index contributed by atoms with van der Waals surface area (Å²) in [7, 11) is 0. The van der Waals surface area contributed by atoms with Gasteiger partial charge in [0.2, 0.25) is 0 Å². The molecule has 0 aliphatic carbocycles. The van der Waals surface area contributed by atoms with E-state index < -0.39 is 0 Å².